The average Bonchev–Trinajstić information content (AvgIpc) is 1.64. The monoisotopic (exact) mass is 177 g/mol. The molecule has 0 aliphatic carbocycles. The molecule has 0 rings (SSSR count). The zero-order chi connectivity index (χ0) is 6.73. The van der Waals surface area contributed by atoms with Crippen LogP contribution in [0.2, 0.25) is 0 Å². The Labute approximate surface area is 57.5 Å². The Morgan fingerprint density at radius 1 is 1.75 bits per heavy atom. The van der Waals surface area contributed by atoms with Crippen LogP contribution in [-0.2, 0) is 4.79 Å². The first kappa shape index (κ1) is 7.69. The molecule has 0 saturated heterocycles. The SMILES string of the molecule is C=C(C)C(=O)N(C)Br. The quantitative estimate of drug-likeness (QED) is 0.438. The lowest BCUT2D eigenvalue weighted by Crippen LogP contribution is -2.15. The molecule has 0 saturated carbocycles. The van der Waals surface area contributed by atoms with Crippen molar-refractivity contribution in [3.8, 4) is 0 Å². The summed E-state index contributed by atoms with van der Waals surface area (Å²) in [5.41, 5.74) is 0.532. The van der Waals surface area contributed by atoms with Crippen molar-refractivity contribution in [2.45, 2.75) is 6.92 Å². The van der Waals surface area contributed by atoms with Crippen LogP contribution in [0.1, 0.15) is 6.92 Å². The van der Waals surface area contributed by atoms with Crippen molar-refractivity contribution >= 4 is 22.1 Å². The number of hydrogen-bond donors (Lipinski definition) is 0. The lowest BCUT2D eigenvalue weighted by Gasteiger charge is -2.04. The summed E-state index contributed by atoms with van der Waals surface area (Å²) in [7, 11) is 1.62. The van der Waals surface area contributed by atoms with Crippen LogP contribution in [0, 0.1) is 0 Å². The minimum Gasteiger partial charge on any atom is -0.278 e. The minimum absolute atomic E-state index is 0.0926. The van der Waals surface area contributed by atoms with Crippen molar-refractivity contribution in [2.24, 2.45) is 0 Å². The molecular formula is C5H8BrNO. The Balaban J connectivity index is 3.84. The van der Waals surface area contributed by atoms with E-state index >= 15 is 0 Å². The number of hydrogen-bond acceptors (Lipinski definition) is 1. The van der Waals surface area contributed by atoms with E-state index in [1.807, 2.05) is 0 Å². The van der Waals surface area contributed by atoms with Gasteiger partial charge in [0.25, 0.3) is 5.91 Å². The summed E-state index contributed by atoms with van der Waals surface area (Å²) in [6.45, 7) is 5.12. The number of nitrogens with zero attached hydrogens (tertiary/aromatic N) is 1. The maximum absolute atomic E-state index is 10.6. The van der Waals surface area contributed by atoms with Crippen molar-refractivity contribution in [2.75, 3.05) is 7.05 Å². The third-order valence-electron chi connectivity index (χ3n) is 0.645. The average molecular weight is 178 g/mol. The lowest BCUT2D eigenvalue weighted by atomic mass is 10.3. The maximum atomic E-state index is 10.6. The molecule has 0 aromatic heterocycles. The fourth-order valence-corrected chi connectivity index (χ4v) is 0.566. The summed E-state index contributed by atoms with van der Waals surface area (Å²) in [4.78, 5) is 10.6. The molecule has 2 nitrogen and oxygen atoms in total. The Morgan fingerprint density at radius 2 is 2.12 bits per heavy atom. The molecular weight excluding hydrogens is 170 g/mol. The first-order valence-electron chi connectivity index (χ1n) is 2.15. The van der Waals surface area contributed by atoms with Crippen LogP contribution in [0.15, 0.2) is 12.2 Å². The molecule has 0 aromatic rings. The van der Waals surface area contributed by atoms with Crippen molar-refractivity contribution in [3.63, 3.8) is 0 Å². The second kappa shape index (κ2) is 2.87. The van der Waals surface area contributed by atoms with Gasteiger partial charge in [-0.05, 0) is 6.92 Å². The number of likely N-dealkylation sites (N-methyl/N-ethyl adjacent to an activating group) is 1. The summed E-state index contributed by atoms with van der Waals surface area (Å²) in [6, 6.07) is 0. The number of carbonyl (C=O) groups excluding carboxylic acids is 1. The Kier molecular flexibility index (Phi) is 2.76. The highest BCUT2D eigenvalue weighted by atomic mass is 79.9. The van der Waals surface area contributed by atoms with Gasteiger partial charge in [0.05, 0.1) is 16.1 Å². The third-order valence-corrected chi connectivity index (χ3v) is 0.967. The van der Waals surface area contributed by atoms with E-state index in [4.69, 9.17) is 0 Å². The molecule has 8 heavy (non-hydrogen) atoms. The topological polar surface area (TPSA) is 20.3 Å². The highest BCUT2D eigenvalue weighted by Crippen LogP contribution is 1.99. The van der Waals surface area contributed by atoms with Gasteiger partial charge in [0, 0.05) is 12.6 Å². The van der Waals surface area contributed by atoms with Gasteiger partial charge in [0.2, 0.25) is 0 Å². The van der Waals surface area contributed by atoms with Gasteiger partial charge in [-0.3, -0.25) is 8.72 Å². The Bertz CT molecular complexity index is 120. The number of halogens is 1. The van der Waals surface area contributed by atoms with Gasteiger partial charge in [-0.2, -0.15) is 0 Å². The predicted octanol–water partition coefficient (Wildman–Crippen LogP) is 1.33. The molecule has 0 heterocycles. The summed E-state index contributed by atoms with van der Waals surface area (Å²) < 4.78 is 1.31. The Morgan fingerprint density at radius 3 is 2.12 bits per heavy atom. The van der Waals surface area contributed by atoms with E-state index in [2.05, 4.69) is 22.7 Å². The lowest BCUT2D eigenvalue weighted by molar-refractivity contribution is -0.121. The van der Waals surface area contributed by atoms with Crippen LogP contribution >= 0.6 is 16.1 Å². The highest BCUT2D eigenvalue weighted by Gasteiger charge is 2.03. The van der Waals surface area contributed by atoms with Gasteiger partial charge < -0.3 is 0 Å². The molecule has 1 amide bonds. The molecule has 0 N–H and O–H groups in total. The fraction of sp³-hybridized carbons (Fsp3) is 0.400. The van der Waals surface area contributed by atoms with Gasteiger partial charge in [0.1, 0.15) is 0 Å². The highest BCUT2D eigenvalue weighted by molar-refractivity contribution is 9.07. The summed E-state index contributed by atoms with van der Waals surface area (Å²) in [5, 5.41) is 0. The van der Waals surface area contributed by atoms with Crippen molar-refractivity contribution in [3.05, 3.63) is 12.2 Å². The first-order chi connectivity index (χ1) is 3.55. The van der Waals surface area contributed by atoms with Gasteiger partial charge in [-0.25, -0.2) is 0 Å². The molecule has 0 aliphatic rings. The molecule has 0 atom stereocenters. The van der Waals surface area contributed by atoms with E-state index in [-0.39, 0.29) is 5.91 Å². The van der Waals surface area contributed by atoms with Crippen LogP contribution in [0.3, 0.4) is 0 Å². The summed E-state index contributed by atoms with van der Waals surface area (Å²) in [6.07, 6.45) is 0. The van der Waals surface area contributed by atoms with Gasteiger partial charge in [-0.1, -0.05) is 6.58 Å². The second-order valence-electron chi connectivity index (χ2n) is 1.56. The van der Waals surface area contributed by atoms with E-state index in [1.54, 1.807) is 14.0 Å². The third kappa shape index (κ3) is 2.12. The molecule has 0 aliphatic heterocycles. The molecule has 46 valence electrons. The van der Waals surface area contributed by atoms with E-state index in [0.29, 0.717) is 5.57 Å². The molecule has 0 bridgehead atoms. The molecule has 0 radical (unpaired) electrons. The van der Waals surface area contributed by atoms with Crippen molar-refractivity contribution < 1.29 is 4.79 Å². The van der Waals surface area contributed by atoms with E-state index in [1.165, 1.54) is 3.93 Å². The zero-order valence-electron chi connectivity index (χ0n) is 4.94. The molecule has 0 unspecified atom stereocenters. The number of rotatable bonds is 1. The van der Waals surface area contributed by atoms with Gasteiger partial charge in [0.15, 0.2) is 0 Å². The van der Waals surface area contributed by atoms with Gasteiger partial charge >= 0.3 is 0 Å². The van der Waals surface area contributed by atoms with Crippen LogP contribution in [-0.4, -0.2) is 16.9 Å². The molecule has 0 spiro atoms. The number of carbonyl (C=O) groups is 1. The maximum Gasteiger partial charge on any atom is 0.258 e. The minimum atomic E-state index is -0.0926. The van der Waals surface area contributed by atoms with Crippen LogP contribution in [0.25, 0.3) is 0 Å². The van der Waals surface area contributed by atoms with Crippen LogP contribution in [0.4, 0.5) is 0 Å². The van der Waals surface area contributed by atoms with Crippen LogP contribution in [0.5, 0.6) is 0 Å². The largest absolute Gasteiger partial charge is 0.278 e. The summed E-state index contributed by atoms with van der Waals surface area (Å²) in [5.74, 6) is -0.0926. The van der Waals surface area contributed by atoms with Crippen molar-refractivity contribution in [1.82, 2.24) is 3.93 Å². The smallest absolute Gasteiger partial charge is 0.258 e. The normalized spacial score (nSPS) is 8.38. The van der Waals surface area contributed by atoms with Gasteiger partial charge in [-0.15, -0.1) is 0 Å². The zero-order valence-corrected chi connectivity index (χ0v) is 6.53. The van der Waals surface area contributed by atoms with Crippen molar-refractivity contribution in [1.29, 1.82) is 0 Å². The van der Waals surface area contributed by atoms with E-state index in [9.17, 15) is 4.79 Å². The Hall–Kier alpha value is -0.310. The second-order valence-corrected chi connectivity index (χ2v) is 2.63. The molecule has 0 aromatic carbocycles. The first-order valence-corrected chi connectivity index (χ1v) is 2.86. The fourth-order valence-electron chi connectivity index (χ4n) is 0.263. The molecule has 0 fully saturated rings. The predicted molar refractivity (Wildman–Crippen MR) is 36.5 cm³/mol. The van der Waals surface area contributed by atoms with E-state index < -0.39 is 0 Å². The standard InChI is InChI=1S/C5H8BrNO/c1-4(2)5(8)7(3)6/h1H2,2-3H3. The number of amides is 1. The summed E-state index contributed by atoms with van der Waals surface area (Å²) >= 11 is 2.96. The molecule has 3 heteroatoms. The van der Waals surface area contributed by atoms with E-state index in [0.717, 1.165) is 0 Å². The van der Waals surface area contributed by atoms with Crippen LogP contribution < -0.4 is 0 Å².